The van der Waals surface area contributed by atoms with Gasteiger partial charge in [0.15, 0.2) is 5.75 Å². The lowest BCUT2D eigenvalue weighted by Gasteiger charge is -2.17. The molecule has 0 atom stereocenters. The maximum absolute atomic E-state index is 13.4. The first kappa shape index (κ1) is 24.2. The highest BCUT2D eigenvalue weighted by Gasteiger charge is 2.24. The second kappa shape index (κ2) is 10.1. The van der Waals surface area contributed by atoms with Crippen LogP contribution in [0.5, 0.6) is 5.75 Å². The van der Waals surface area contributed by atoms with Crippen molar-refractivity contribution in [2.45, 2.75) is 26.8 Å². The van der Waals surface area contributed by atoms with Crippen molar-refractivity contribution in [3.05, 3.63) is 69.4 Å². The fourth-order valence-corrected chi connectivity index (χ4v) is 4.15. The molecule has 3 aromatic rings. The highest BCUT2D eigenvalue weighted by molar-refractivity contribution is 6.01. The Bertz CT molecular complexity index is 1320. The number of pyridine rings is 2. The molecule has 184 valence electrons. The Labute approximate surface area is 201 Å². The van der Waals surface area contributed by atoms with Gasteiger partial charge in [0.25, 0.3) is 11.5 Å². The van der Waals surface area contributed by atoms with Crippen molar-refractivity contribution >= 4 is 23.0 Å². The van der Waals surface area contributed by atoms with Crippen molar-refractivity contribution in [1.29, 1.82) is 0 Å². The number of amides is 3. The number of benzene rings is 1. The van der Waals surface area contributed by atoms with Crippen LogP contribution in [0.15, 0.2) is 41.3 Å². The summed E-state index contributed by atoms with van der Waals surface area (Å²) in [5.74, 6) is -1.43. The van der Waals surface area contributed by atoms with Gasteiger partial charge < -0.3 is 25.2 Å². The van der Waals surface area contributed by atoms with Crippen LogP contribution in [0.3, 0.4) is 0 Å². The number of nitrogens with one attached hydrogen (secondary N) is 2. The fourth-order valence-electron chi connectivity index (χ4n) is 4.15. The molecule has 1 aromatic carbocycles. The predicted octanol–water partition coefficient (Wildman–Crippen LogP) is 2.24. The van der Waals surface area contributed by atoms with E-state index in [0.717, 1.165) is 11.1 Å². The molecule has 1 saturated heterocycles. The molecule has 10 heteroatoms. The van der Waals surface area contributed by atoms with E-state index in [4.69, 9.17) is 0 Å². The van der Waals surface area contributed by atoms with Gasteiger partial charge in [0.1, 0.15) is 16.9 Å². The number of nitrogens with zero attached hydrogens (tertiary/aromatic N) is 3. The number of carbonyl (C=O) groups excluding carboxylic acids is 2. The second-order valence-electron chi connectivity index (χ2n) is 9.02. The van der Waals surface area contributed by atoms with Crippen LogP contribution in [-0.4, -0.2) is 57.7 Å². The number of rotatable bonds is 8. The van der Waals surface area contributed by atoms with Gasteiger partial charge >= 0.3 is 6.03 Å². The molecule has 0 aliphatic carbocycles. The maximum atomic E-state index is 13.4. The summed E-state index contributed by atoms with van der Waals surface area (Å²) < 4.78 is 14.7. The van der Waals surface area contributed by atoms with Gasteiger partial charge in [-0.05, 0) is 41.7 Å². The van der Waals surface area contributed by atoms with Crippen molar-refractivity contribution in [1.82, 2.24) is 25.1 Å². The van der Waals surface area contributed by atoms with Crippen molar-refractivity contribution in [3.63, 3.8) is 0 Å². The summed E-state index contributed by atoms with van der Waals surface area (Å²) in [5, 5.41) is 16.2. The lowest BCUT2D eigenvalue weighted by molar-refractivity contribution is 0.0945. The number of carbonyl (C=O) groups is 2. The van der Waals surface area contributed by atoms with E-state index in [-0.39, 0.29) is 41.9 Å². The number of aromatic hydroxyl groups is 1. The monoisotopic (exact) mass is 481 g/mol. The molecule has 1 aliphatic heterocycles. The summed E-state index contributed by atoms with van der Waals surface area (Å²) >= 11 is 0. The topological polar surface area (TPSA) is 117 Å². The summed E-state index contributed by atoms with van der Waals surface area (Å²) in [4.78, 5) is 43.9. The lowest BCUT2D eigenvalue weighted by Crippen LogP contribution is -2.39. The normalized spacial score (nSPS) is 13.5. The van der Waals surface area contributed by atoms with Crippen LogP contribution in [0.4, 0.5) is 9.18 Å². The van der Waals surface area contributed by atoms with E-state index in [9.17, 15) is 23.9 Å². The minimum atomic E-state index is -0.719. The van der Waals surface area contributed by atoms with Crippen LogP contribution in [0.2, 0.25) is 0 Å². The molecule has 9 nitrogen and oxygen atoms in total. The molecule has 4 rings (SSSR count). The number of urea groups is 1. The van der Waals surface area contributed by atoms with Gasteiger partial charge in [-0.15, -0.1) is 0 Å². The number of hydrogen-bond acceptors (Lipinski definition) is 5. The lowest BCUT2D eigenvalue weighted by atomic mass is 10.0. The van der Waals surface area contributed by atoms with Crippen LogP contribution in [0, 0.1) is 11.7 Å². The molecular weight excluding hydrogens is 453 g/mol. The summed E-state index contributed by atoms with van der Waals surface area (Å²) in [6, 6.07) is 7.68. The maximum Gasteiger partial charge on any atom is 0.317 e. The zero-order valence-electron chi connectivity index (χ0n) is 19.7. The molecule has 0 saturated carbocycles. The van der Waals surface area contributed by atoms with Gasteiger partial charge in [0.2, 0.25) is 0 Å². The van der Waals surface area contributed by atoms with Crippen molar-refractivity contribution < 1.29 is 19.1 Å². The molecule has 1 aliphatic rings. The van der Waals surface area contributed by atoms with Gasteiger partial charge in [0.05, 0.1) is 5.52 Å². The quantitative estimate of drug-likeness (QED) is 0.456. The fraction of sp³-hybridized carbons (Fsp3) is 0.360. The van der Waals surface area contributed by atoms with Gasteiger partial charge in [-0.1, -0.05) is 26.0 Å². The number of aromatic nitrogens is 2. The first-order valence-corrected chi connectivity index (χ1v) is 11.5. The predicted molar refractivity (Wildman–Crippen MR) is 129 cm³/mol. The highest BCUT2D eigenvalue weighted by Crippen LogP contribution is 2.26. The molecule has 3 amide bonds. The Hall–Kier alpha value is -3.95. The van der Waals surface area contributed by atoms with E-state index in [1.807, 2.05) is 13.8 Å². The standard InChI is InChI=1S/C25H28FN5O4/c1-15(2)14-31-19-12-17(11-16-3-5-18(26)6-4-16)13-29-21(19)22(32)20(24(31)34)23(33)27-7-9-30-10-8-28-25(30)35/h3-6,12-13,15,32H,7-11,14H2,1-2H3,(H,27,33)(H,28,35). The summed E-state index contributed by atoms with van der Waals surface area (Å²) in [5.41, 5.74) is 1.24. The minimum Gasteiger partial charge on any atom is -0.505 e. The zero-order chi connectivity index (χ0) is 25.1. The van der Waals surface area contributed by atoms with Crippen LogP contribution >= 0.6 is 0 Å². The SMILES string of the molecule is CC(C)Cn1c(=O)c(C(=O)NCCN2CCNC2=O)c(O)c2ncc(Cc3ccc(F)cc3)cc21. The van der Waals surface area contributed by atoms with E-state index in [0.29, 0.717) is 31.6 Å². The van der Waals surface area contributed by atoms with Crippen LogP contribution in [-0.2, 0) is 13.0 Å². The van der Waals surface area contributed by atoms with E-state index >= 15 is 0 Å². The summed E-state index contributed by atoms with van der Waals surface area (Å²) in [6.45, 7) is 5.73. The van der Waals surface area contributed by atoms with Gasteiger partial charge in [-0.25, -0.2) is 9.18 Å². The van der Waals surface area contributed by atoms with E-state index < -0.39 is 17.2 Å². The highest BCUT2D eigenvalue weighted by atomic mass is 19.1. The molecule has 35 heavy (non-hydrogen) atoms. The Morgan fingerprint density at radius 3 is 2.63 bits per heavy atom. The van der Waals surface area contributed by atoms with Crippen molar-refractivity contribution in [2.24, 2.45) is 5.92 Å². The average molecular weight is 482 g/mol. The first-order chi connectivity index (χ1) is 16.7. The third-order valence-electron chi connectivity index (χ3n) is 5.84. The third kappa shape index (κ3) is 5.26. The summed E-state index contributed by atoms with van der Waals surface area (Å²) in [6.07, 6.45) is 2.04. The van der Waals surface area contributed by atoms with Crippen molar-refractivity contribution in [2.75, 3.05) is 26.2 Å². The molecule has 3 heterocycles. The average Bonchev–Trinajstić information content (AvgIpc) is 3.22. The molecule has 0 radical (unpaired) electrons. The van der Waals surface area contributed by atoms with E-state index in [1.165, 1.54) is 16.7 Å². The van der Waals surface area contributed by atoms with Crippen LogP contribution in [0.25, 0.3) is 11.0 Å². The molecule has 2 aromatic heterocycles. The number of halogens is 1. The minimum absolute atomic E-state index is 0.0887. The Balaban J connectivity index is 1.66. The molecule has 3 N–H and O–H groups in total. The molecular formula is C25H28FN5O4. The Morgan fingerprint density at radius 1 is 1.23 bits per heavy atom. The molecule has 0 unspecified atom stereocenters. The van der Waals surface area contributed by atoms with E-state index in [2.05, 4.69) is 15.6 Å². The Morgan fingerprint density at radius 2 is 1.97 bits per heavy atom. The third-order valence-corrected chi connectivity index (χ3v) is 5.84. The second-order valence-corrected chi connectivity index (χ2v) is 9.02. The van der Waals surface area contributed by atoms with Gasteiger partial charge in [-0.3, -0.25) is 14.6 Å². The van der Waals surface area contributed by atoms with Gasteiger partial charge in [-0.2, -0.15) is 0 Å². The Kier molecular flexibility index (Phi) is 6.99. The van der Waals surface area contributed by atoms with E-state index in [1.54, 1.807) is 29.3 Å². The largest absolute Gasteiger partial charge is 0.505 e. The molecule has 0 spiro atoms. The number of fused-ring (bicyclic) bond motifs is 1. The number of hydrogen-bond donors (Lipinski definition) is 3. The molecule has 1 fully saturated rings. The smallest absolute Gasteiger partial charge is 0.317 e. The van der Waals surface area contributed by atoms with Crippen LogP contribution in [0.1, 0.15) is 35.3 Å². The first-order valence-electron chi connectivity index (χ1n) is 11.5. The zero-order valence-corrected chi connectivity index (χ0v) is 19.7. The molecule has 0 bridgehead atoms. The van der Waals surface area contributed by atoms with Gasteiger partial charge in [0, 0.05) is 38.9 Å². The van der Waals surface area contributed by atoms with Crippen molar-refractivity contribution in [3.8, 4) is 5.75 Å². The van der Waals surface area contributed by atoms with Crippen LogP contribution < -0.4 is 16.2 Å². The summed E-state index contributed by atoms with van der Waals surface area (Å²) in [7, 11) is 0.